The molecule has 0 radical (unpaired) electrons. The Morgan fingerprint density at radius 3 is 2.08 bits per heavy atom. The molecule has 0 saturated heterocycles. The topological polar surface area (TPSA) is 58.2 Å². The summed E-state index contributed by atoms with van der Waals surface area (Å²) in [6.07, 6.45) is 5.40. The Labute approximate surface area is 144 Å². The Kier molecular flexibility index (Phi) is 4.66. The molecule has 1 aromatic rings. The maximum atomic E-state index is 12.9. The van der Waals surface area contributed by atoms with Gasteiger partial charge in [-0.1, -0.05) is 29.3 Å². The number of benzene rings is 1. The van der Waals surface area contributed by atoms with Gasteiger partial charge in [-0.2, -0.15) is 0 Å². The molecule has 2 aliphatic carbocycles. The zero-order chi connectivity index (χ0) is 17.3. The summed E-state index contributed by atoms with van der Waals surface area (Å²) in [7, 11) is 1.69. The van der Waals surface area contributed by atoms with Crippen LogP contribution in [0.2, 0.25) is 0 Å². The minimum absolute atomic E-state index is 0.109. The first-order chi connectivity index (χ1) is 11.4. The average Bonchev–Trinajstić information content (AvgIpc) is 3.36. The third-order valence-electron chi connectivity index (χ3n) is 5.64. The van der Waals surface area contributed by atoms with Crippen molar-refractivity contribution in [1.29, 1.82) is 0 Å². The Hall–Kier alpha value is -1.84. The number of rotatable bonds is 4. The van der Waals surface area contributed by atoms with Gasteiger partial charge in [0.25, 0.3) is 0 Å². The van der Waals surface area contributed by atoms with Crippen LogP contribution in [-0.2, 0) is 15.0 Å². The van der Waals surface area contributed by atoms with Gasteiger partial charge in [-0.25, -0.2) is 0 Å². The lowest BCUT2D eigenvalue weighted by Gasteiger charge is -2.29. The molecule has 2 fully saturated rings. The van der Waals surface area contributed by atoms with Crippen molar-refractivity contribution in [3.63, 3.8) is 0 Å². The highest BCUT2D eigenvalue weighted by Gasteiger charge is 2.51. The summed E-state index contributed by atoms with van der Waals surface area (Å²) in [5.74, 6) is 0.419. The molecular formula is C20H28N2O2. The van der Waals surface area contributed by atoms with Gasteiger partial charge in [-0.3, -0.25) is 9.59 Å². The summed E-state index contributed by atoms with van der Waals surface area (Å²) in [5.41, 5.74) is 3.29. The Balaban J connectivity index is 1.62. The van der Waals surface area contributed by atoms with Crippen molar-refractivity contribution in [1.82, 2.24) is 10.6 Å². The molecule has 0 bridgehead atoms. The third kappa shape index (κ3) is 3.33. The van der Waals surface area contributed by atoms with Crippen molar-refractivity contribution in [2.45, 2.75) is 63.8 Å². The van der Waals surface area contributed by atoms with Crippen LogP contribution in [-0.4, -0.2) is 24.9 Å². The fraction of sp³-hybridized carbons (Fsp3) is 0.600. The molecule has 0 unspecified atom stereocenters. The lowest BCUT2D eigenvalue weighted by Crippen LogP contribution is -2.44. The van der Waals surface area contributed by atoms with Crippen LogP contribution in [0.5, 0.6) is 0 Å². The number of hydrogen-bond acceptors (Lipinski definition) is 2. The standard InChI is InChI=1S/C20H28N2O2/c1-13-10-14(2)12-16(11-13)20(8-9-20)19(24)22-17-6-4-15(5-7-17)18(23)21-3/h10-12,15,17H,4-9H2,1-3H3,(H,21,23)(H,22,24). The molecule has 1 aromatic carbocycles. The fourth-order valence-corrected chi connectivity index (χ4v) is 4.05. The van der Waals surface area contributed by atoms with Crippen LogP contribution in [0.1, 0.15) is 55.2 Å². The molecule has 2 saturated carbocycles. The van der Waals surface area contributed by atoms with E-state index in [9.17, 15) is 9.59 Å². The van der Waals surface area contributed by atoms with Crippen molar-refractivity contribution >= 4 is 11.8 Å². The lowest BCUT2D eigenvalue weighted by molar-refractivity contribution is -0.126. The van der Waals surface area contributed by atoms with E-state index >= 15 is 0 Å². The first-order valence-electron chi connectivity index (χ1n) is 9.06. The molecule has 0 aromatic heterocycles. The highest BCUT2D eigenvalue weighted by atomic mass is 16.2. The zero-order valence-electron chi connectivity index (χ0n) is 14.9. The van der Waals surface area contributed by atoms with Gasteiger partial charge in [0, 0.05) is 19.0 Å². The highest BCUT2D eigenvalue weighted by Crippen LogP contribution is 2.49. The maximum absolute atomic E-state index is 12.9. The van der Waals surface area contributed by atoms with Gasteiger partial charge in [-0.15, -0.1) is 0 Å². The summed E-state index contributed by atoms with van der Waals surface area (Å²) < 4.78 is 0. The summed E-state index contributed by atoms with van der Waals surface area (Å²) in [6.45, 7) is 4.18. The molecule has 0 spiro atoms. The smallest absolute Gasteiger partial charge is 0.230 e. The molecule has 2 aliphatic rings. The van der Waals surface area contributed by atoms with Crippen LogP contribution in [0.3, 0.4) is 0 Å². The monoisotopic (exact) mass is 328 g/mol. The van der Waals surface area contributed by atoms with Gasteiger partial charge in [-0.05, 0) is 57.9 Å². The molecule has 2 amide bonds. The number of aryl methyl sites for hydroxylation is 2. The van der Waals surface area contributed by atoms with Crippen molar-refractivity contribution < 1.29 is 9.59 Å². The third-order valence-corrected chi connectivity index (χ3v) is 5.64. The van der Waals surface area contributed by atoms with Crippen LogP contribution < -0.4 is 10.6 Å². The lowest BCUT2D eigenvalue weighted by atomic mass is 9.84. The summed E-state index contributed by atoms with van der Waals surface area (Å²) in [6, 6.07) is 6.67. The zero-order valence-corrected chi connectivity index (χ0v) is 14.9. The SMILES string of the molecule is CNC(=O)C1CCC(NC(=O)C2(c3cc(C)cc(C)c3)CC2)CC1. The summed E-state index contributed by atoms with van der Waals surface area (Å²) in [4.78, 5) is 24.6. The first kappa shape index (κ1) is 17.0. The molecule has 2 N–H and O–H groups in total. The van der Waals surface area contributed by atoms with Gasteiger partial charge < -0.3 is 10.6 Å². The van der Waals surface area contributed by atoms with E-state index in [0.717, 1.165) is 44.1 Å². The number of nitrogens with one attached hydrogen (secondary N) is 2. The number of carbonyl (C=O) groups is 2. The molecular weight excluding hydrogens is 300 g/mol. The Bertz CT molecular complexity index is 621. The van der Waals surface area contributed by atoms with Gasteiger partial charge in [0.15, 0.2) is 0 Å². The molecule has 24 heavy (non-hydrogen) atoms. The van der Waals surface area contributed by atoms with Crippen LogP contribution in [0, 0.1) is 19.8 Å². The highest BCUT2D eigenvalue weighted by molar-refractivity contribution is 5.91. The molecule has 0 heterocycles. The second kappa shape index (κ2) is 6.58. The Morgan fingerprint density at radius 2 is 1.58 bits per heavy atom. The summed E-state index contributed by atoms with van der Waals surface area (Å²) in [5, 5.41) is 6.00. The van der Waals surface area contributed by atoms with E-state index in [1.807, 2.05) is 0 Å². The van der Waals surface area contributed by atoms with Crippen LogP contribution >= 0.6 is 0 Å². The maximum Gasteiger partial charge on any atom is 0.230 e. The predicted octanol–water partition coefficient (Wildman–Crippen LogP) is 2.76. The van der Waals surface area contributed by atoms with E-state index < -0.39 is 0 Å². The second-order valence-electron chi connectivity index (χ2n) is 7.59. The number of carbonyl (C=O) groups excluding carboxylic acids is 2. The normalized spacial score (nSPS) is 25.0. The fourth-order valence-electron chi connectivity index (χ4n) is 4.05. The summed E-state index contributed by atoms with van der Waals surface area (Å²) >= 11 is 0. The van der Waals surface area contributed by atoms with E-state index in [1.165, 1.54) is 11.1 Å². The van der Waals surface area contributed by atoms with Crippen LogP contribution in [0.4, 0.5) is 0 Å². The van der Waals surface area contributed by atoms with E-state index in [-0.39, 0.29) is 29.2 Å². The largest absolute Gasteiger partial charge is 0.359 e. The van der Waals surface area contributed by atoms with Crippen LogP contribution in [0.25, 0.3) is 0 Å². The van der Waals surface area contributed by atoms with Gasteiger partial charge in [0.2, 0.25) is 11.8 Å². The van der Waals surface area contributed by atoms with Crippen molar-refractivity contribution in [2.75, 3.05) is 7.05 Å². The first-order valence-corrected chi connectivity index (χ1v) is 9.06. The van der Waals surface area contributed by atoms with Crippen molar-refractivity contribution in [3.05, 3.63) is 34.9 Å². The molecule has 4 nitrogen and oxygen atoms in total. The second-order valence-corrected chi connectivity index (χ2v) is 7.59. The molecule has 3 rings (SSSR count). The van der Waals surface area contributed by atoms with E-state index in [0.29, 0.717) is 0 Å². The quantitative estimate of drug-likeness (QED) is 0.893. The molecule has 0 atom stereocenters. The molecule has 130 valence electrons. The molecule has 4 heteroatoms. The van der Waals surface area contributed by atoms with Gasteiger partial charge in [0.1, 0.15) is 0 Å². The number of hydrogen-bond donors (Lipinski definition) is 2. The minimum Gasteiger partial charge on any atom is -0.359 e. The van der Waals surface area contributed by atoms with E-state index in [2.05, 4.69) is 42.7 Å². The Morgan fingerprint density at radius 1 is 1.00 bits per heavy atom. The average molecular weight is 328 g/mol. The van der Waals surface area contributed by atoms with Gasteiger partial charge in [0.05, 0.1) is 5.41 Å². The van der Waals surface area contributed by atoms with Crippen LogP contribution in [0.15, 0.2) is 18.2 Å². The molecule has 0 aliphatic heterocycles. The van der Waals surface area contributed by atoms with Gasteiger partial charge >= 0.3 is 0 Å². The minimum atomic E-state index is -0.311. The van der Waals surface area contributed by atoms with E-state index in [1.54, 1.807) is 7.05 Å². The van der Waals surface area contributed by atoms with E-state index in [4.69, 9.17) is 0 Å². The van der Waals surface area contributed by atoms with Crippen molar-refractivity contribution in [2.24, 2.45) is 5.92 Å². The number of amides is 2. The van der Waals surface area contributed by atoms with Crippen molar-refractivity contribution in [3.8, 4) is 0 Å². The predicted molar refractivity (Wildman–Crippen MR) is 94.8 cm³/mol.